The lowest BCUT2D eigenvalue weighted by Crippen LogP contribution is -2.25. The molecule has 5 nitrogen and oxygen atoms in total. The first-order valence-electron chi connectivity index (χ1n) is 6.35. The molecule has 0 aliphatic heterocycles. The van der Waals surface area contributed by atoms with Gasteiger partial charge in [0.2, 0.25) is 10.0 Å². The molecule has 0 spiro atoms. The third-order valence-corrected chi connectivity index (χ3v) is 5.11. The fourth-order valence-corrected chi connectivity index (χ4v) is 3.95. The van der Waals surface area contributed by atoms with Crippen LogP contribution in [0.5, 0.6) is 0 Å². The molecule has 7 heteroatoms. The fraction of sp³-hybridized carbons (Fsp3) is 0.667. The summed E-state index contributed by atoms with van der Waals surface area (Å²) >= 11 is 1.36. The van der Waals surface area contributed by atoms with Gasteiger partial charge in [-0.1, -0.05) is 0 Å². The molecule has 0 aliphatic rings. The SMILES string of the molecule is CC(C)OCCCCNS(=O)(=O)c1ccsc1CN. The van der Waals surface area contributed by atoms with Crippen LogP contribution in [-0.4, -0.2) is 27.7 Å². The molecule has 0 atom stereocenters. The highest BCUT2D eigenvalue weighted by molar-refractivity contribution is 7.89. The first-order valence-corrected chi connectivity index (χ1v) is 8.71. The monoisotopic (exact) mass is 306 g/mol. The number of hydrogen-bond acceptors (Lipinski definition) is 5. The Kier molecular flexibility index (Phi) is 6.95. The predicted octanol–water partition coefficient (Wildman–Crippen LogP) is 1.69. The van der Waals surface area contributed by atoms with E-state index in [1.807, 2.05) is 13.8 Å². The molecule has 1 heterocycles. The minimum atomic E-state index is -3.42. The van der Waals surface area contributed by atoms with Crippen LogP contribution < -0.4 is 10.5 Å². The Morgan fingerprint density at radius 3 is 2.79 bits per heavy atom. The number of thiophene rings is 1. The van der Waals surface area contributed by atoms with E-state index in [9.17, 15) is 8.42 Å². The molecule has 110 valence electrons. The molecule has 0 saturated carbocycles. The number of ether oxygens (including phenoxy) is 1. The van der Waals surface area contributed by atoms with Crippen molar-refractivity contribution in [2.24, 2.45) is 5.73 Å². The maximum Gasteiger partial charge on any atom is 0.241 e. The molecule has 0 saturated heterocycles. The van der Waals surface area contributed by atoms with Crippen LogP contribution in [0.2, 0.25) is 0 Å². The third kappa shape index (κ3) is 5.58. The van der Waals surface area contributed by atoms with Crippen LogP contribution in [-0.2, 0) is 21.3 Å². The van der Waals surface area contributed by atoms with Crippen LogP contribution in [0.15, 0.2) is 16.3 Å². The molecule has 19 heavy (non-hydrogen) atoms. The van der Waals surface area contributed by atoms with Crippen LogP contribution in [0.3, 0.4) is 0 Å². The Balaban J connectivity index is 2.36. The molecular weight excluding hydrogens is 284 g/mol. The molecule has 0 aliphatic carbocycles. The van der Waals surface area contributed by atoms with Gasteiger partial charge in [0.25, 0.3) is 0 Å². The van der Waals surface area contributed by atoms with Crippen molar-refractivity contribution in [2.45, 2.75) is 44.2 Å². The lowest BCUT2D eigenvalue weighted by Gasteiger charge is -2.08. The average Bonchev–Trinajstić information content (AvgIpc) is 2.82. The number of sulfonamides is 1. The van der Waals surface area contributed by atoms with Crippen LogP contribution >= 0.6 is 11.3 Å². The number of unbranched alkanes of at least 4 members (excludes halogenated alkanes) is 1. The molecule has 0 aromatic carbocycles. The second-order valence-electron chi connectivity index (χ2n) is 4.44. The summed E-state index contributed by atoms with van der Waals surface area (Å²) in [6, 6.07) is 1.59. The van der Waals surface area contributed by atoms with Gasteiger partial charge in [-0.3, -0.25) is 0 Å². The lowest BCUT2D eigenvalue weighted by molar-refractivity contribution is 0.0762. The zero-order chi connectivity index (χ0) is 14.3. The Hall–Kier alpha value is -0.470. The molecule has 3 N–H and O–H groups in total. The van der Waals surface area contributed by atoms with Gasteiger partial charge in [0.15, 0.2) is 0 Å². The van der Waals surface area contributed by atoms with Gasteiger partial charge in [0.1, 0.15) is 0 Å². The standard InChI is InChI=1S/C12H22N2O3S2/c1-10(2)17-7-4-3-6-14-19(15,16)12-5-8-18-11(12)9-13/h5,8,10,14H,3-4,6-7,9,13H2,1-2H3. The van der Waals surface area contributed by atoms with Gasteiger partial charge in [-0.05, 0) is 38.1 Å². The van der Waals surface area contributed by atoms with E-state index in [1.165, 1.54) is 11.3 Å². The smallest absolute Gasteiger partial charge is 0.241 e. The highest BCUT2D eigenvalue weighted by Crippen LogP contribution is 2.20. The number of nitrogens with two attached hydrogens (primary N) is 1. The van der Waals surface area contributed by atoms with Crippen molar-refractivity contribution in [2.75, 3.05) is 13.2 Å². The number of nitrogens with one attached hydrogen (secondary N) is 1. The van der Waals surface area contributed by atoms with E-state index in [1.54, 1.807) is 11.4 Å². The summed E-state index contributed by atoms with van der Waals surface area (Å²) in [6.45, 7) is 5.28. The van der Waals surface area contributed by atoms with Crippen LogP contribution in [0.4, 0.5) is 0 Å². The van der Waals surface area contributed by atoms with Gasteiger partial charge < -0.3 is 10.5 Å². The van der Waals surface area contributed by atoms with Gasteiger partial charge in [0, 0.05) is 24.6 Å². The maximum atomic E-state index is 12.0. The highest BCUT2D eigenvalue weighted by Gasteiger charge is 2.18. The quantitative estimate of drug-likeness (QED) is 0.680. The van der Waals surface area contributed by atoms with E-state index in [0.29, 0.717) is 22.9 Å². The molecule has 0 unspecified atom stereocenters. The Bertz CT molecular complexity index is 469. The molecule has 0 fully saturated rings. The first-order chi connectivity index (χ1) is 8.97. The summed E-state index contributed by atoms with van der Waals surface area (Å²) in [4.78, 5) is 0.995. The third-order valence-electron chi connectivity index (χ3n) is 2.49. The normalized spacial score (nSPS) is 12.2. The Morgan fingerprint density at radius 2 is 2.16 bits per heavy atom. The summed E-state index contributed by atoms with van der Waals surface area (Å²) in [5.41, 5.74) is 5.52. The van der Waals surface area contributed by atoms with Crippen LogP contribution in [0, 0.1) is 0 Å². The van der Waals surface area contributed by atoms with Gasteiger partial charge in [-0.15, -0.1) is 11.3 Å². The van der Waals surface area contributed by atoms with Crippen molar-refractivity contribution in [3.05, 3.63) is 16.3 Å². The van der Waals surface area contributed by atoms with E-state index in [2.05, 4.69) is 4.72 Å². The van der Waals surface area contributed by atoms with E-state index >= 15 is 0 Å². The van der Waals surface area contributed by atoms with Crippen molar-refractivity contribution >= 4 is 21.4 Å². The van der Waals surface area contributed by atoms with Crippen molar-refractivity contribution in [1.29, 1.82) is 0 Å². The summed E-state index contributed by atoms with van der Waals surface area (Å²) in [7, 11) is -3.42. The Labute approximate surface area is 119 Å². The molecule has 1 rings (SSSR count). The summed E-state index contributed by atoms with van der Waals surface area (Å²) in [5, 5.41) is 1.74. The maximum absolute atomic E-state index is 12.0. The van der Waals surface area contributed by atoms with Crippen molar-refractivity contribution in [3.8, 4) is 0 Å². The van der Waals surface area contributed by atoms with Gasteiger partial charge >= 0.3 is 0 Å². The van der Waals surface area contributed by atoms with Crippen molar-refractivity contribution in [3.63, 3.8) is 0 Å². The number of hydrogen-bond donors (Lipinski definition) is 2. The topological polar surface area (TPSA) is 81.4 Å². The van der Waals surface area contributed by atoms with Gasteiger partial charge in [0.05, 0.1) is 11.0 Å². The van der Waals surface area contributed by atoms with Gasteiger partial charge in [-0.25, -0.2) is 13.1 Å². The largest absolute Gasteiger partial charge is 0.379 e. The predicted molar refractivity (Wildman–Crippen MR) is 77.7 cm³/mol. The minimum absolute atomic E-state index is 0.217. The van der Waals surface area contributed by atoms with E-state index in [4.69, 9.17) is 10.5 Å². The Morgan fingerprint density at radius 1 is 1.42 bits per heavy atom. The fourth-order valence-electron chi connectivity index (χ4n) is 1.55. The zero-order valence-corrected chi connectivity index (χ0v) is 13.0. The van der Waals surface area contributed by atoms with Gasteiger partial charge in [-0.2, -0.15) is 0 Å². The molecular formula is C12H22N2O3S2. The zero-order valence-electron chi connectivity index (χ0n) is 11.4. The lowest BCUT2D eigenvalue weighted by atomic mass is 10.3. The molecule has 0 radical (unpaired) electrons. The summed E-state index contributed by atoms with van der Waals surface area (Å²) in [5.74, 6) is 0. The van der Waals surface area contributed by atoms with Crippen LogP contribution in [0.1, 0.15) is 31.6 Å². The first kappa shape index (κ1) is 16.6. The summed E-state index contributed by atoms with van der Waals surface area (Å²) < 4.78 is 32.0. The minimum Gasteiger partial charge on any atom is -0.379 e. The van der Waals surface area contributed by atoms with E-state index < -0.39 is 10.0 Å². The highest BCUT2D eigenvalue weighted by atomic mass is 32.2. The average molecular weight is 306 g/mol. The summed E-state index contributed by atoms with van der Waals surface area (Å²) in [6.07, 6.45) is 1.82. The molecule has 1 aromatic rings. The molecule has 0 bridgehead atoms. The van der Waals surface area contributed by atoms with E-state index in [-0.39, 0.29) is 12.6 Å². The van der Waals surface area contributed by atoms with Crippen molar-refractivity contribution < 1.29 is 13.2 Å². The second kappa shape index (κ2) is 7.96. The number of rotatable bonds is 9. The van der Waals surface area contributed by atoms with Crippen LogP contribution in [0.25, 0.3) is 0 Å². The van der Waals surface area contributed by atoms with Crippen molar-refractivity contribution in [1.82, 2.24) is 4.72 Å². The molecule has 0 amide bonds. The second-order valence-corrected chi connectivity index (χ2v) is 7.17. The molecule has 1 aromatic heterocycles. The van der Waals surface area contributed by atoms with E-state index in [0.717, 1.165) is 12.8 Å².